The molecule has 4 rings (SSSR count). The van der Waals surface area contributed by atoms with E-state index in [1.165, 1.54) is 33.5 Å². The lowest BCUT2D eigenvalue weighted by Crippen LogP contribution is -2.35. The summed E-state index contributed by atoms with van der Waals surface area (Å²) in [7, 11) is 7.66. The average Bonchev–Trinajstić information content (AvgIpc) is 3.10. The fourth-order valence-corrected chi connectivity index (χ4v) is 5.07. The smallest absolute Gasteiger partial charge is 0.338 e. The minimum atomic E-state index is -0.841. The van der Waals surface area contributed by atoms with E-state index in [0.717, 1.165) is 0 Å². The van der Waals surface area contributed by atoms with Crippen molar-refractivity contribution < 1.29 is 52.2 Å². The Morgan fingerprint density at radius 1 is 0.702 bits per heavy atom. The molecule has 0 amide bonds. The molecule has 3 aromatic rings. The van der Waals surface area contributed by atoms with Crippen LogP contribution in [0.25, 0.3) is 0 Å². The zero-order valence-corrected chi connectivity index (χ0v) is 27.3. The van der Waals surface area contributed by atoms with E-state index in [1.807, 2.05) is 0 Å². The van der Waals surface area contributed by atoms with Gasteiger partial charge in [-0.2, -0.15) is 0 Å². The van der Waals surface area contributed by atoms with Crippen LogP contribution in [0.15, 0.2) is 74.4 Å². The predicted octanol–water partition coefficient (Wildman–Crippen LogP) is 6.33. The average molecular weight is 649 g/mol. The largest absolute Gasteiger partial charge is 0.496 e. The monoisotopic (exact) mass is 648 g/mol. The zero-order chi connectivity index (χ0) is 33.9. The van der Waals surface area contributed by atoms with Crippen molar-refractivity contribution in [1.29, 1.82) is 0 Å². The molecule has 11 nitrogen and oxygen atoms in total. The molecule has 11 heteroatoms. The van der Waals surface area contributed by atoms with E-state index in [2.05, 4.69) is 19.7 Å². The standard InChI is InChI=1S/C36H40O11/c1-9-12-43-30-17-23(18-31(44-13-10-2)35(30)45-14-11-3)36(37)47-32-21-25-26(39-5)19-24(38-4)20-27(25)46-33(32)22-15-28(40-6)34(42-8)29(16-22)41-7/h9-11,15-20,32-33H,1-3,12-14,21H2,4-8H3/t32-,33-/m1/s1. The van der Waals surface area contributed by atoms with Crippen molar-refractivity contribution in [2.75, 3.05) is 55.4 Å². The highest BCUT2D eigenvalue weighted by Crippen LogP contribution is 2.47. The van der Waals surface area contributed by atoms with Gasteiger partial charge in [-0.25, -0.2) is 4.79 Å². The van der Waals surface area contributed by atoms with E-state index in [0.29, 0.717) is 51.4 Å². The first kappa shape index (κ1) is 34.4. The maximum atomic E-state index is 14.0. The summed E-state index contributed by atoms with van der Waals surface area (Å²) in [6.07, 6.45) is 3.34. The second-order valence-electron chi connectivity index (χ2n) is 10.1. The summed E-state index contributed by atoms with van der Waals surface area (Å²) in [6.45, 7) is 11.6. The molecule has 0 spiro atoms. The molecule has 2 atom stereocenters. The van der Waals surface area contributed by atoms with Crippen molar-refractivity contribution in [3.8, 4) is 51.7 Å². The topological polar surface area (TPSA) is 109 Å². The molecule has 0 bridgehead atoms. The fraction of sp³-hybridized carbons (Fsp3) is 0.306. The number of carbonyl (C=O) groups excluding carboxylic acids is 1. The summed E-state index contributed by atoms with van der Waals surface area (Å²) in [5.41, 5.74) is 1.47. The lowest BCUT2D eigenvalue weighted by molar-refractivity contribution is -0.0189. The van der Waals surface area contributed by atoms with Gasteiger partial charge in [0.25, 0.3) is 0 Å². The van der Waals surface area contributed by atoms with E-state index in [9.17, 15) is 4.79 Å². The second-order valence-corrected chi connectivity index (χ2v) is 10.1. The number of fused-ring (bicyclic) bond motifs is 1. The minimum absolute atomic E-state index is 0.156. The molecule has 3 aromatic carbocycles. The summed E-state index contributed by atoms with van der Waals surface area (Å²) >= 11 is 0. The molecule has 0 fully saturated rings. The van der Waals surface area contributed by atoms with Gasteiger partial charge in [0.1, 0.15) is 43.2 Å². The molecule has 0 radical (unpaired) electrons. The predicted molar refractivity (Wildman–Crippen MR) is 175 cm³/mol. The van der Waals surface area contributed by atoms with Crippen LogP contribution < -0.4 is 42.6 Å². The highest BCUT2D eigenvalue weighted by Gasteiger charge is 2.38. The zero-order valence-electron chi connectivity index (χ0n) is 27.3. The van der Waals surface area contributed by atoms with Crippen molar-refractivity contribution in [3.05, 3.63) is 91.1 Å². The van der Waals surface area contributed by atoms with Gasteiger partial charge >= 0.3 is 5.97 Å². The van der Waals surface area contributed by atoms with Gasteiger partial charge in [-0.05, 0) is 24.3 Å². The first-order valence-electron chi connectivity index (χ1n) is 14.7. The quantitative estimate of drug-likeness (QED) is 0.121. The van der Waals surface area contributed by atoms with E-state index in [1.54, 1.807) is 56.7 Å². The second kappa shape index (κ2) is 16.2. The van der Waals surface area contributed by atoms with E-state index in [4.69, 9.17) is 47.4 Å². The number of esters is 1. The number of rotatable bonds is 17. The highest BCUT2D eigenvalue weighted by atomic mass is 16.6. The van der Waals surface area contributed by atoms with Crippen LogP contribution in [0.4, 0.5) is 0 Å². The SMILES string of the molecule is C=CCOc1cc(C(=O)O[C@@H]2Cc3c(OC)cc(OC)cc3O[C@@H]2c2cc(OC)c(OC)c(OC)c2)cc(OCC=C)c1OCC=C. The Labute approximate surface area is 274 Å². The van der Waals surface area contributed by atoms with Crippen LogP contribution in [0, 0.1) is 0 Å². The maximum Gasteiger partial charge on any atom is 0.338 e. The van der Waals surface area contributed by atoms with Crippen molar-refractivity contribution >= 4 is 5.97 Å². The number of benzene rings is 3. The molecule has 0 aliphatic carbocycles. The van der Waals surface area contributed by atoms with Crippen molar-refractivity contribution in [1.82, 2.24) is 0 Å². The fourth-order valence-electron chi connectivity index (χ4n) is 5.07. The number of carbonyl (C=O) groups is 1. The molecular weight excluding hydrogens is 608 g/mol. The summed E-state index contributed by atoms with van der Waals surface area (Å²) in [5, 5.41) is 0. The summed E-state index contributed by atoms with van der Waals surface area (Å²) in [6, 6.07) is 10.1. The van der Waals surface area contributed by atoms with Gasteiger partial charge in [0, 0.05) is 29.7 Å². The van der Waals surface area contributed by atoms with Crippen LogP contribution in [0.3, 0.4) is 0 Å². The van der Waals surface area contributed by atoms with E-state index < -0.39 is 18.2 Å². The molecular formula is C36H40O11. The van der Waals surface area contributed by atoms with Gasteiger partial charge in [0.15, 0.2) is 29.1 Å². The van der Waals surface area contributed by atoms with Gasteiger partial charge in [0.05, 0.1) is 41.1 Å². The van der Waals surface area contributed by atoms with Crippen LogP contribution in [-0.4, -0.2) is 67.4 Å². The van der Waals surface area contributed by atoms with E-state index in [-0.39, 0.29) is 43.3 Å². The van der Waals surface area contributed by atoms with Crippen LogP contribution in [0.2, 0.25) is 0 Å². The Kier molecular flexibility index (Phi) is 11.9. The Hall–Kier alpha value is -5.45. The Morgan fingerprint density at radius 2 is 1.28 bits per heavy atom. The normalized spacial score (nSPS) is 14.7. The molecule has 1 aliphatic heterocycles. The maximum absolute atomic E-state index is 14.0. The molecule has 0 aromatic heterocycles. The van der Waals surface area contributed by atoms with Crippen molar-refractivity contribution in [3.63, 3.8) is 0 Å². The lowest BCUT2D eigenvalue weighted by atomic mass is 9.93. The Morgan fingerprint density at radius 3 is 1.79 bits per heavy atom. The number of methoxy groups -OCH3 is 5. The third-order valence-corrected chi connectivity index (χ3v) is 7.18. The first-order chi connectivity index (χ1) is 22.8. The minimum Gasteiger partial charge on any atom is -0.496 e. The molecule has 0 saturated heterocycles. The molecule has 0 N–H and O–H groups in total. The Balaban J connectivity index is 1.81. The third-order valence-electron chi connectivity index (χ3n) is 7.18. The van der Waals surface area contributed by atoms with E-state index >= 15 is 0 Å². The number of ether oxygens (including phenoxy) is 10. The number of hydrogen-bond donors (Lipinski definition) is 0. The molecule has 250 valence electrons. The van der Waals surface area contributed by atoms with Crippen LogP contribution in [0.1, 0.15) is 27.6 Å². The van der Waals surface area contributed by atoms with Crippen LogP contribution in [0.5, 0.6) is 51.7 Å². The summed E-state index contributed by atoms with van der Waals surface area (Å²) in [4.78, 5) is 14.0. The molecule has 1 aliphatic rings. The number of hydrogen-bond acceptors (Lipinski definition) is 11. The summed E-state index contributed by atoms with van der Waals surface area (Å²) < 4.78 is 58.2. The van der Waals surface area contributed by atoms with Gasteiger partial charge in [-0.1, -0.05) is 38.0 Å². The van der Waals surface area contributed by atoms with Crippen LogP contribution >= 0.6 is 0 Å². The lowest BCUT2D eigenvalue weighted by Gasteiger charge is -2.34. The van der Waals surface area contributed by atoms with Gasteiger partial charge in [-0.3, -0.25) is 0 Å². The van der Waals surface area contributed by atoms with Crippen LogP contribution in [-0.2, 0) is 11.2 Å². The first-order valence-corrected chi connectivity index (χ1v) is 14.7. The molecule has 0 saturated carbocycles. The van der Waals surface area contributed by atoms with Gasteiger partial charge in [0.2, 0.25) is 11.5 Å². The van der Waals surface area contributed by atoms with Crippen molar-refractivity contribution in [2.24, 2.45) is 0 Å². The highest BCUT2D eigenvalue weighted by molar-refractivity contribution is 5.91. The summed E-state index contributed by atoms with van der Waals surface area (Å²) in [5.74, 6) is 2.97. The van der Waals surface area contributed by atoms with Gasteiger partial charge in [-0.15, -0.1) is 0 Å². The molecule has 1 heterocycles. The van der Waals surface area contributed by atoms with Gasteiger partial charge < -0.3 is 47.4 Å². The van der Waals surface area contributed by atoms with Crippen molar-refractivity contribution in [2.45, 2.75) is 18.6 Å². The Bertz CT molecular complexity index is 1540. The molecule has 47 heavy (non-hydrogen) atoms. The molecule has 0 unspecified atom stereocenters. The third kappa shape index (κ3) is 7.69.